The van der Waals surface area contributed by atoms with E-state index >= 15 is 0 Å². The van der Waals surface area contributed by atoms with Gasteiger partial charge in [-0.05, 0) is 36.9 Å². The first kappa shape index (κ1) is 21.0. The molecule has 0 aromatic heterocycles. The third-order valence-corrected chi connectivity index (χ3v) is 6.26. The van der Waals surface area contributed by atoms with Crippen LogP contribution in [0.4, 0.5) is 5.69 Å². The highest BCUT2D eigenvalue weighted by atomic mass is 32.2. The van der Waals surface area contributed by atoms with Gasteiger partial charge in [-0.3, -0.25) is 9.59 Å². The Morgan fingerprint density at radius 1 is 0.931 bits per heavy atom. The van der Waals surface area contributed by atoms with Crippen molar-refractivity contribution in [2.75, 3.05) is 44.3 Å². The van der Waals surface area contributed by atoms with Gasteiger partial charge >= 0.3 is 0 Å². The minimum absolute atomic E-state index is 0.0465. The Labute approximate surface area is 171 Å². The Morgan fingerprint density at radius 2 is 1.55 bits per heavy atom. The summed E-state index contributed by atoms with van der Waals surface area (Å²) < 4.78 is 24.7. The van der Waals surface area contributed by atoms with Crippen LogP contribution in [0.2, 0.25) is 0 Å². The van der Waals surface area contributed by atoms with E-state index in [1.807, 2.05) is 13.1 Å². The Kier molecular flexibility index (Phi) is 6.66. The van der Waals surface area contributed by atoms with Crippen molar-refractivity contribution < 1.29 is 18.0 Å². The number of hydrogen-bond donors (Lipinski definition) is 1. The molecule has 0 radical (unpaired) electrons. The van der Waals surface area contributed by atoms with Crippen LogP contribution < -0.4 is 5.32 Å². The fourth-order valence-electron chi connectivity index (χ4n) is 3.16. The molecule has 8 heteroatoms. The molecule has 2 aromatic carbocycles. The fraction of sp³-hybridized carbons (Fsp3) is 0.333. The summed E-state index contributed by atoms with van der Waals surface area (Å²) in [5.41, 5.74) is 1.64. The molecular formula is C21H25N3O4S. The minimum Gasteiger partial charge on any atom is -0.336 e. The summed E-state index contributed by atoms with van der Waals surface area (Å²) in [5.74, 6) is -1.46. The molecule has 0 saturated carbocycles. The molecule has 1 fully saturated rings. The van der Waals surface area contributed by atoms with E-state index in [1.54, 1.807) is 53.4 Å². The van der Waals surface area contributed by atoms with Gasteiger partial charge in [0.25, 0.3) is 5.91 Å². The van der Waals surface area contributed by atoms with Gasteiger partial charge in [0.05, 0.1) is 5.75 Å². The van der Waals surface area contributed by atoms with Gasteiger partial charge in [-0.1, -0.05) is 30.3 Å². The van der Waals surface area contributed by atoms with Gasteiger partial charge in [0.1, 0.15) is 5.75 Å². The molecule has 0 unspecified atom stereocenters. The van der Waals surface area contributed by atoms with Crippen molar-refractivity contribution in [3.05, 3.63) is 65.7 Å². The molecule has 3 rings (SSSR count). The van der Waals surface area contributed by atoms with Crippen LogP contribution in [0.5, 0.6) is 0 Å². The van der Waals surface area contributed by atoms with E-state index in [0.29, 0.717) is 29.9 Å². The molecule has 0 atom stereocenters. The van der Waals surface area contributed by atoms with Crippen LogP contribution in [-0.2, 0) is 20.4 Å². The molecular weight excluding hydrogens is 390 g/mol. The number of carbonyl (C=O) groups is 2. The highest BCUT2D eigenvalue weighted by Crippen LogP contribution is 2.13. The average Bonchev–Trinajstić information content (AvgIpc) is 2.68. The molecule has 1 aliphatic rings. The third-order valence-electron chi connectivity index (χ3n) is 4.79. The molecule has 0 aliphatic carbocycles. The van der Waals surface area contributed by atoms with E-state index in [-0.39, 0.29) is 11.7 Å². The van der Waals surface area contributed by atoms with Gasteiger partial charge in [0, 0.05) is 37.4 Å². The normalized spacial score (nSPS) is 15.1. The number of hydrogen-bond acceptors (Lipinski definition) is 5. The standard InChI is InChI=1S/C21H25N3O4S/c1-23-11-13-24(14-12-23)21(26)18-9-7-17(8-10-18)15-29(27,28)16-20(25)22-19-5-3-2-4-6-19/h2-10H,11-16H2,1H3,(H,22,25). The van der Waals surface area contributed by atoms with Gasteiger partial charge in [-0.2, -0.15) is 0 Å². The van der Waals surface area contributed by atoms with Crippen molar-refractivity contribution in [2.45, 2.75) is 5.75 Å². The first-order chi connectivity index (χ1) is 13.8. The van der Waals surface area contributed by atoms with Gasteiger partial charge in [-0.25, -0.2) is 8.42 Å². The fourth-order valence-corrected chi connectivity index (χ4v) is 4.43. The zero-order chi connectivity index (χ0) is 20.9. The summed E-state index contributed by atoms with van der Waals surface area (Å²) in [6, 6.07) is 15.3. The number of sulfone groups is 1. The largest absolute Gasteiger partial charge is 0.336 e. The Hall–Kier alpha value is -2.71. The number of likely N-dealkylation sites (N-methyl/N-ethyl adjacent to an activating group) is 1. The number of carbonyl (C=O) groups excluding carboxylic acids is 2. The van der Waals surface area contributed by atoms with Gasteiger partial charge in [0.15, 0.2) is 9.84 Å². The summed E-state index contributed by atoms with van der Waals surface area (Å²) in [5, 5.41) is 2.58. The van der Waals surface area contributed by atoms with Crippen LogP contribution in [0.15, 0.2) is 54.6 Å². The molecule has 1 aliphatic heterocycles. The lowest BCUT2D eigenvalue weighted by atomic mass is 10.1. The Balaban J connectivity index is 1.56. The lowest BCUT2D eigenvalue weighted by Crippen LogP contribution is -2.47. The summed E-state index contributed by atoms with van der Waals surface area (Å²) in [7, 11) is -1.60. The summed E-state index contributed by atoms with van der Waals surface area (Å²) in [6.07, 6.45) is 0. The van der Waals surface area contributed by atoms with Crippen molar-refractivity contribution in [1.82, 2.24) is 9.80 Å². The summed E-state index contributed by atoms with van der Waals surface area (Å²) >= 11 is 0. The number of nitrogens with zero attached hydrogens (tertiary/aromatic N) is 2. The topological polar surface area (TPSA) is 86.8 Å². The molecule has 2 aromatic rings. The van der Waals surface area contributed by atoms with E-state index in [0.717, 1.165) is 13.1 Å². The minimum atomic E-state index is -3.63. The predicted molar refractivity (Wildman–Crippen MR) is 112 cm³/mol. The van der Waals surface area contributed by atoms with Crippen molar-refractivity contribution in [2.24, 2.45) is 0 Å². The monoisotopic (exact) mass is 415 g/mol. The van der Waals surface area contributed by atoms with Crippen LogP contribution in [-0.4, -0.2) is 69.0 Å². The molecule has 29 heavy (non-hydrogen) atoms. The first-order valence-corrected chi connectivity index (χ1v) is 11.3. The second-order valence-corrected chi connectivity index (χ2v) is 9.30. The zero-order valence-corrected chi connectivity index (χ0v) is 17.2. The summed E-state index contributed by atoms with van der Waals surface area (Å²) in [4.78, 5) is 28.6. The highest BCUT2D eigenvalue weighted by Gasteiger charge is 2.21. The number of para-hydroxylation sites is 1. The van der Waals surface area contributed by atoms with Crippen LogP contribution in [0.1, 0.15) is 15.9 Å². The molecule has 154 valence electrons. The van der Waals surface area contributed by atoms with Crippen molar-refractivity contribution in [1.29, 1.82) is 0 Å². The van der Waals surface area contributed by atoms with E-state index < -0.39 is 21.5 Å². The van der Waals surface area contributed by atoms with E-state index in [9.17, 15) is 18.0 Å². The first-order valence-electron chi connectivity index (χ1n) is 9.44. The molecule has 2 amide bonds. The number of amides is 2. The summed E-state index contributed by atoms with van der Waals surface area (Å²) in [6.45, 7) is 3.05. The lowest BCUT2D eigenvalue weighted by Gasteiger charge is -2.32. The van der Waals surface area contributed by atoms with E-state index in [1.165, 1.54) is 0 Å². The molecule has 1 heterocycles. The SMILES string of the molecule is CN1CCN(C(=O)c2ccc(CS(=O)(=O)CC(=O)Nc3ccccc3)cc2)CC1. The van der Waals surface area contributed by atoms with E-state index in [4.69, 9.17) is 0 Å². The van der Waals surface area contributed by atoms with Crippen molar-refractivity contribution in [3.8, 4) is 0 Å². The maximum absolute atomic E-state index is 12.6. The quantitative estimate of drug-likeness (QED) is 0.775. The number of rotatable bonds is 6. The predicted octanol–water partition coefficient (Wildman–Crippen LogP) is 1.63. The van der Waals surface area contributed by atoms with Crippen molar-refractivity contribution >= 4 is 27.3 Å². The van der Waals surface area contributed by atoms with E-state index in [2.05, 4.69) is 10.2 Å². The molecule has 0 spiro atoms. The zero-order valence-electron chi connectivity index (χ0n) is 16.4. The maximum atomic E-state index is 12.6. The molecule has 1 N–H and O–H groups in total. The number of piperazine rings is 1. The number of nitrogens with one attached hydrogen (secondary N) is 1. The maximum Gasteiger partial charge on any atom is 0.253 e. The Morgan fingerprint density at radius 3 is 2.17 bits per heavy atom. The van der Waals surface area contributed by atoms with Gasteiger partial charge in [-0.15, -0.1) is 0 Å². The lowest BCUT2D eigenvalue weighted by molar-refractivity contribution is -0.113. The smallest absolute Gasteiger partial charge is 0.253 e. The highest BCUT2D eigenvalue weighted by molar-refractivity contribution is 7.91. The third kappa shape index (κ3) is 6.13. The average molecular weight is 416 g/mol. The van der Waals surface area contributed by atoms with Gasteiger partial charge in [0.2, 0.25) is 5.91 Å². The second-order valence-electron chi connectivity index (χ2n) is 7.24. The van der Waals surface area contributed by atoms with Crippen LogP contribution in [0.3, 0.4) is 0 Å². The van der Waals surface area contributed by atoms with Crippen LogP contribution in [0, 0.1) is 0 Å². The molecule has 0 bridgehead atoms. The van der Waals surface area contributed by atoms with Crippen molar-refractivity contribution in [3.63, 3.8) is 0 Å². The van der Waals surface area contributed by atoms with Crippen LogP contribution in [0.25, 0.3) is 0 Å². The molecule has 1 saturated heterocycles. The second kappa shape index (κ2) is 9.19. The van der Waals surface area contributed by atoms with Gasteiger partial charge < -0.3 is 15.1 Å². The van der Waals surface area contributed by atoms with Crippen LogP contribution >= 0.6 is 0 Å². The number of benzene rings is 2. The molecule has 7 nitrogen and oxygen atoms in total. The Bertz CT molecular complexity index is 951. The number of anilines is 1.